The molecular formula is C17H14F3N3OS. The number of aromatic nitrogens is 2. The number of amides is 1. The third-order valence-corrected chi connectivity index (χ3v) is 4.63. The predicted octanol–water partition coefficient (Wildman–Crippen LogP) is 4.47. The number of anilines is 1. The number of carbonyl (C=O) groups is 1. The average Bonchev–Trinajstić information content (AvgIpc) is 2.97. The fourth-order valence-electron chi connectivity index (χ4n) is 2.29. The summed E-state index contributed by atoms with van der Waals surface area (Å²) in [5.41, 5.74) is -0.243. The molecule has 0 fully saturated rings. The van der Waals surface area contributed by atoms with E-state index in [1.807, 2.05) is 28.8 Å². The molecular weight excluding hydrogens is 351 g/mol. The van der Waals surface area contributed by atoms with Gasteiger partial charge >= 0.3 is 6.18 Å². The van der Waals surface area contributed by atoms with Gasteiger partial charge < -0.3 is 5.32 Å². The molecule has 0 bridgehead atoms. The van der Waals surface area contributed by atoms with Crippen LogP contribution in [-0.4, -0.2) is 20.5 Å². The van der Waals surface area contributed by atoms with Crippen molar-refractivity contribution in [2.45, 2.75) is 23.5 Å². The van der Waals surface area contributed by atoms with Crippen molar-refractivity contribution in [2.24, 2.45) is 0 Å². The molecule has 1 amide bonds. The molecule has 2 heterocycles. The summed E-state index contributed by atoms with van der Waals surface area (Å²) in [5, 5.41) is 2.34. The van der Waals surface area contributed by atoms with Gasteiger partial charge in [0.25, 0.3) is 0 Å². The number of nitrogens with one attached hydrogen (secondary N) is 1. The SMILES string of the molecule is CC(Sc1ncc2ccccn12)C(=O)Nc1ccccc1C(F)(F)F. The van der Waals surface area contributed by atoms with E-state index in [9.17, 15) is 18.0 Å². The van der Waals surface area contributed by atoms with Gasteiger partial charge in [-0.05, 0) is 31.2 Å². The summed E-state index contributed by atoms with van der Waals surface area (Å²) >= 11 is 1.18. The van der Waals surface area contributed by atoms with Gasteiger partial charge in [-0.15, -0.1) is 0 Å². The predicted molar refractivity (Wildman–Crippen MR) is 90.6 cm³/mol. The van der Waals surface area contributed by atoms with Crippen molar-refractivity contribution < 1.29 is 18.0 Å². The number of benzene rings is 1. The van der Waals surface area contributed by atoms with Gasteiger partial charge in [0, 0.05) is 6.20 Å². The highest BCUT2D eigenvalue weighted by atomic mass is 32.2. The summed E-state index contributed by atoms with van der Waals surface area (Å²) in [6.07, 6.45) is -1.04. The summed E-state index contributed by atoms with van der Waals surface area (Å²) in [4.78, 5) is 16.6. The Balaban J connectivity index is 1.76. The van der Waals surface area contributed by atoms with Crippen LogP contribution in [0, 0.1) is 0 Å². The quantitative estimate of drug-likeness (QED) is 0.694. The van der Waals surface area contributed by atoms with Crippen molar-refractivity contribution in [1.82, 2.24) is 9.38 Å². The third-order valence-electron chi connectivity index (χ3n) is 3.55. The number of para-hydroxylation sites is 1. The van der Waals surface area contributed by atoms with Crippen molar-refractivity contribution in [3.8, 4) is 0 Å². The summed E-state index contributed by atoms with van der Waals surface area (Å²) in [6.45, 7) is 1.63. The van der Waals surface area contributed by atoms with Gasteiger partial charge in [0.1, 0.15) is 0 Å². The van der Waals surface area contributed by atoms with Crippen LogP contribution < -0.4 is 5.32 Å². The normalized spacial score (nSPS) is 13.0. The molecule has 1 aromatic carbocycles. The van der Waals surface area contributed by atoms with Crippen LogP contribution in [0.2, 0.25) is 0 Å². The number of rotatable bonds is 4. The number of hydrogen-bond acceptors (Lipinski definition) is 3. The average molecular weight is 365 g/mol. The highest BCUT2D eigenvalue weighted by Crippen LogP contribution is 2.35. The van der Waals surface area contributed by atoms with Gasteiger partial charge in [-0.3, -0.25) is 9.20 Å². The van der Waals surface area contributed by atoms with Gasteiger partial charge in [-0.1, -0.05) is 30.0 Å². The summed E-state index contributed by atoms with van der Waals surface area (Å²) in [5.74, 6) is -0.519. The summed E-state index contributed by atoms with van der Waals surface area (Å²) in [7, 11) is 0. The molecule has 0 saturated carbocycles. The molecule has 0 aliphatic heterocycles. The first kappa shape index (κ1) is 17.3. The van der Waals surface area contributed by atoms with Crippen LogP contribution >= 0.6 is 11.8 Å². The lowest BCUT2D eigenvalue weighted by Crippen LogP contribution is -2.24. The zero-order valence-electron chi connectivity index (χ0n) is 13.1. The molecule has 8 heteroatoms. The number of halogens is 3. The highest BCUT2D eigenvalue weighted by Gasteiger charge is 2.34. The van der Waals surface area contributed by atoms with E-state index in [4.69, 9.17) is 0 Å². The second kappa shape index (κ2) is 6.79. The van der Waals surface area contributed by atoms with Crippen LogP contribution in [0.15, 0.2) is 60.0 Å². The molecule has 2 aromatic heterocycles. The number of nitrogens with zero attached hydrogens (tertiary/aromatic N) is 2. The van der Waals surface area contributed by atoms with E-state index in [0.29, 0.717) is 5.16 Å². The van der Waals surface area contributed by atoms with Crippen molar-refractivity contribution >= 4 is 28.9 Å². The van der Waals surface area contributed by atoms with Gasteiger partial charge in [0.05, 0.1) is 28.2 Å². The van der Waals surface area contributed by atoms with Crippen molar-refractivity contribution in [3.63, 3.8) is 0 Å². The Morgan fingerprint density at radius 3 is 2.68 bits per heavy atom. The monoisotopic (exact) mass is 365 g/mol. The van der Waals surface area contributed by atoms with E-state index in [1.54, 1.807) is 13.1 Å². The first-order chi connectivity index (χ1) is 11.9. The number of hydrogen-bond donors (Lipinski definition) is 1. The zero-order valence-corrected chi connectivity index (χ0v) is 13.9. The third kappa shape index (κ3) is 3.79. The first-order valence-electron chi connectivity index (χ1n) is 7.42. The van der Waals surface area contributed by atoms with Crippen LogP contribution in [0.3, 0.4) is 0 Å². The Hall–Kier alpha value is -2.48. The molecule has 1 unspecified atom stereocenters. The van der Waals surface area contributed by atoms with Gasteiger partial charge in [0.2, 0.25) is 5.91 Å². The number of alkyl halides is 3. The lowest BCUT2D eigenvalue weighted by atomic mass is 10.1. The molecule has 0 radical (unpaired) electrons. The lowest BCUT2D eigenvalue weighted by molar-refractivity contribution is -0.137. The molecule has 3 aromatic rings. The molecule has 3 rings (SSSR count). The highest BCUT2D eigenvalue weighted by molar-refractivity contribution is 8.00. The standard InChI is InChI=1S/C17H14F3N3OS/c1-11(25-16-21-10-12-6-4-5-9-23(12)16)15(24)22-14-8-3-2-7-13(14)17(18,19)20/h2-11H,1H3,(H,22,24). The Morgan fingerprint density at radius 2 is 1.92 bits per heavy atom. The van der Waals surface area contributed by atoms with E-state index in [2.05, 4.69) is 10.3 Å². The Labute approximate surface area is 146 Å². The van der Waals surface area contributed by atoms with E-state index < -0.39 is 22.9 Å². The minimum Gasteiger partial charge on any atom is -0.325 e. The molecule has 0 saturated heterocycles. The fourth-order valence-corrected chi connectivity index (χ4v) is 3.17. The van der Waals surface area contributed by atoms with Crippen LogP contribution in [-0.2, 0) is 11.0 Å². The zero-order chi connectivity index (χ0) is 18.0. The molecule has 0 spiro atoms. The topological polar surface area (TPSA) is 46.4 Å². The molecule has 0 aliphatic carbocycles. The maximum absolute atomic E-state index is 13.0. The molecule has 0 aliphatic rings. The number of pyridine rings is 1. The van der Waals surface area contributed by atoms with E-state index in [0.717, 1.165) is 11.6 Å². The number of thioether (sulfide) groups is 1. The van der Waals surface area contributed by atoms with Gasteiger partial charge in [-0.2, -0.15) is 13.2 Å². The van der Waals surface area contributed by atoms with E-state index in [1.165, 1.54) is 30.0 Å². The minimum absolute atomic E-state index is 0.250. The minimum atomic E-state index is -4.53. The molecule has 130 valence electrons. The Bertz CT molecular complexity index is 907. The van der Waals surface area contributed by atoms with E-state index >= 15 is 0 Å². The van der Waals surface area contributed by atoms with Crippen molar-refractivity contribution in [2.75, 3.05) is 5.32 Å². The van der Waals surface area contributed by atoms with Crippen LogP contribution in [0.4, 0.5) is 18.9 Å². The molecule has 25 heavy (non-hydrogen) atoms. The lowest BCUT2D eigenvalue weighted by Gasteiger charge is -2.15. The van der Waals surface area contributed by atoms with Crippen molar-refractivity contribution in [1.29, 1.82) is 0 Å². The van der Waals surface area contributed by atoms with Crippen LogP contribution in [0.5, 0.6) is 0 Å². The molecule has 1 atom stereocenters. The second-order valence-corrected chi connectivity index (χ2v) is 6.64. The maximum Gasteiger partial charge on any atom is 0.418 e. The maximum atomic E-state index is 13.0. The Kier molecular flexibility index (Phi) is 4.71. The fraction of sp³-hybridized carbons (Fsp3) is 0.176. The van der Waals surface area contributed by atoms with Gasteiger partial charge in [0.15, 0.2) is 5.16 Å². The largest absolute Gasteiger partial charge is 0.418 e. The Morgan fingerprint density at radius 1 is 1.20 bits per heavy atom. The van der Waals surface area contributed by atoms with E-state index in [-0.39, 0.29) is 5.69 Å². The smallest absolute Gasteiger partial charge is 0.325 e. The number of fused-ring (bicyclic) bond motifs is 1. The number of carbonyl (C=O) groups excluding carboxylic acids is 1. The molecule has 4 nitrogen and oxygen atoms in total. The van der Waals surface area contributed by atoms with Crippen LogP contribution in [0.25, 0.3) is 5.52 Å². The summed E-state index contributed by atoms with van der Waals surface area (Å²) < 4.78 is 40.8. The van der Waals surface area contributed by atoms with Crippen LogP contribution in [0.1, 0.15) is 12.5 Å². The van der Waals surface area contributed by atoms with Crippen molar-refractivity contribution in [3.05, 3.63) is 60.4 Å². The summed E-state index contributed by atoms with van der Waals surface area (Å²) in [6, 6.07) is 10.5. The first-order valence-corrected chi connectivity index (χ1v) is 8.30. The molecule has 1 N–H and O–H groups in total. The number of imidazole rings is 1. The van der Waals surface area contributed by atoms with Gasteiger partial charge in [-0.25, -0.2) is 4.98 Å². The second-order valence-electron chi connectivity index (χ2n) is 5.33.